The third-order valence-corrected chi connectivity index (χ3v) is 5.89. The molecule has 0 fully saturated rings. The van der Waals surface area contributed by atoms with E-state index in [-0.39, 0.29) is 0 Å². The number of aromatic nitrogens is 1. The summed E-state index contributed by atoms with van der Waals surface area (Å²) in [6, 6.07) is 22.2. The highest BCUT2D eigenvalue weighted by atomic mass is 15.0. The maximum Gasteiger partial charge on any atom is 0.0544 e. The summed E-state index contributed by atoms with van der Waals surface area (Å²) in [5, 5.41) is 3.91. The largest absolute Gasteiger partial charge is 0.313 e. The van der Waals surface area contributed by atoms with Gasteiger partial charge in [-0.25, -0.2) is 0 Å². The zero-order chi connectivity index (χ0) is 20.5. The fraction of sp³-hybridized carbons (Fsp3) is 0.103. The Balaban J connectivity index is 1.80. The van der Waals surface area contributed by atoms with Gasteiger partial charge in [-0.15, -0.1) is 0 Å². The van der Waals surface area contributed by atoms with Crippen molar-refractivity contribution >= 4 is 33.3 Å². The van der Waals surface area contributed by atoms with Crippen LogP contribution < -0.4 is 0 Å². The van der Waals surface area contributed by atoms with Gasteiger partial charge in [0.2, 0.25) is 0 Å². The van der Waals surface area contributed by atoms with Gasteiger partial charge in [0, 0.05) is 22.3 Å². The maximum absolute atomic E-state index is 3.89. The summed E-state index contributed by atoms with van der Waals surface area (Å²) in [5.74, 6) is 0. The lowest BCUT2D eigenvalue weighted by Gasteiger charge is -2.15. The van der Waals surface area contributed by atoms with Gasteiger partial charge in [-0.2, -0.15) is 0 Å². The van der Waals surface area contributed by atoms with Gasteiger partial charge in [0.15, 0.2) is 0 Å². The van der Waals surface area contributed by atoms with Crippen molar-refractivity contribution in [1.29, 1.82) is 0 Å². The van der Waals surface area contributed by atoms with E-state index in [0.29, 0.717) is 0 Å². The molecule has 0 aliphatic heterocycles. The fourth-order valence-electron chi connectivity index (χ4n) is 4.58. The molecule has 4 aromatic rings. The monoisotopic (exact) mass is 387 g/mol. The molecule has 0 N–H and O–H groups in total. The van der Waals surface area contributed by atoms with Gasteiger partial charge in [-0.1, -0.05) is 79.4 Å². The zero-order valence-electron chi connectivity index (χ0n) is 17.3. The van der Waals surface area contributed by atoms with Crippen LogP contribution in [-0.4, -0.2) is 4.57 Å². The minimum absolute atomic E-state index is 1.06. The predicted molar refractivity (Wildman–Crippen MR) is 131 cm³/mol. The van der Waals surface area contributed by atoms with Crippen LogP contribution in [0.25, 0.3) is 39.0 Å². The molecule has 0 saturated heterocycles. The Morgan fingerprint density at radius 3 is 2.63 bits per heavy atom. The predicted octanol–water partition coefficient (Wildman–Crippen LogP) is 7.89. The van der Waals surface area contributed by atoms with Crippen LogP contribution in [0.1, 0.15) is 30.2 Å². The SMILES string of the molecule is C=C/C=C(\C=C/C)c1cccc(-n2c3c(c4cc5ccccc5cc42)C=CCC3)c1. The Bertz CT molecular complexity index is 1360. The second kappa shape index (κ2) is 7.68. The number of rotatable bonds is 4. The molecule has 1 aromatic heterocycles. The minimum atomic E-state index is 1.06. The molecular formula is C29H25N. The van der Waals surface area contributed by atoms with Crippen LogP contribution in [0.4, 0.5) is 0 Å². The Morgan fingerprint density at radius 2 is 1.83 bits per heavy atom. The summed E-state index contributed by atoms with van der Waals surface area (Å²) in [6.07, 6.45) is 14.9. The van der Waals surface area contributed by atoms with Crippen LogP contribution in [0.3, 0.4) is 0 Å². The standard InChI is InChI=1S/C29H25N/c1-3-10-21(11-4-2)22-14-9-15-25(18-22)30-28-17-8-7-16-26(28)27-19-23-12-5-6-13-24(23)20-29(27)30/h3-7,9-16,18-20H,1,8,17H2,2H3/b11-4-,21-10+. The van der Waals surface area contributed by atoms with Crippen molar-refractivity contribution in [2.24, 2.45) is 0 Å². The number of hydrogen-bond donors (Lipinski definition) is 0. The van der Waals surface area contributed by atoms with Crippen molar-refractivity contribution in [2.75, 3.05) is 0 Å². The molecule has 1 aliphatic rings. The van der Waals surface area contributed by atoms with E-state index in [0.717, 1.165) is 12.8 Å². The van der Waals surface area contributed by atoms with Gasteiger partial charge in [0.25, 0.3) is 0 Å². The lowest BCUT2D eigenvalue weighted by atomic mass is 10.0. The summed E-state index contributed by atoms with van der Waals surface area (Å²) in [5.41, 5.74) is 7.63. The first-order valence-corrected chi connectivity index (χ1v) is 10.6. The Hall–Kier alpha value is -3.58. The highest BCUT2D eigenvalue weighted by Gasteiger charge is 2.19. The lowest BCUT2D eigenvalue weighted by molar-refractivity contribution is 0.888. The molecule has 1 heterocycles. The van der Waals surface area contributed by atoms with Crippen LogP contribution in [0.15, 0.2) is 97.6 Å². The van der Waals surface area contributed by atoms with E-state index >= 15 is 0 Å². The van der Waals surface area contributed by atoms with E-state index in [4.69, 9.17) is 0 Å². The van der Waals surface area contributed by atoms with Gasteiger partial charge < -0.3 is 4.57 Å². The highest BCUT2D eigenvalue weighted by molar-refractivity contribution is 6.02. The Morgan fingerprint density at radius 1 is 1.00 bits per heavy atom. The van der Waals surface area contributed by atoms with Gasteiger partial charge >= 0.3 is 0 Å². The van der Waals surface area contributed by atoms with Gasteiger partial charge in [0.1, 0.15) is 0 Å². The topological polar surface area (TPSA) is 4.93 Å². The van der Waals surface area contributed by atoms with Crippen molar-refractivity contribution in [2.45, 2.75) is 19.8 Å². The Kier molecular flexibility index (Phi) is 4.72. The zero-order valence-corrected chi connectivity index (χ0v) is 17.3. The molecule has 0 unspecified atom stereocenters. The summed E-state index contributed by atoms with van der Waals surface area (Å²) in [7, 11) is 0. The molecule has 0 saturated carbocycles. The summed E-state index contributed by atoms with van der Waals surface area (Å²) in [4.78, 5) is 0. The second-order valence-electron chi connectivity index (χ2n) is 7.76. The lowest BCUT2D eigenvalue weighted by Crippen LogP contribution is -2.03. The number of allylic oxidation sites excluding steroid dienone is 6. The van der Waals surface area contributed by atoms with Gasteiger partial charge in [-0.3, -0.25) is 0 Å². The molecule has 0 spiro atoms. The molecule has 0 radical (unpaired) electrons. The van der Waals surface area contributed by atoms with Gasteiger partial charge in [0.05, 0.1) is 5.52 Å². The third kappa shape index (κ3) is 3.04. The van der Waals surface area contributed by atoms with E-state index in [2.05, 4.69) is 102 Å². The molecule has 1 heteroatoms. The minimum Gasteiger partial charge on any atom is -0.313 e. The van der Waals surface area contributed by atoms with Crippen LogP contribution in [0.5, 0.6) is 0 Å². The quantitative estimate of drug-likeness (QED) is 0.314. The van der Waals surface area contributed by atoms with Gasteiger partial charge in [-0.05, 0) is 65.9 Å². The van der Waals surface area contributed by atoms with Crippen molar-refractivity contribution in [3.63, 3.8) is 0 Å². The Labute approximate surface area is 178 Å². The van der Waals surface area contributed by atoms with E-state index in [9.17, 15) is 0 Å². The molecule has 30 heavy (non-hydrogen) atoms. The highest BCUT2D eigenvalue weighted by Crippen LogP contribution is 2.36. The third-order valence-electron chi connectivity index (χ3n) is 5.89. The van der Waals surface area contributed by atoms with Crippen molar-refractivity contribution < 1.29 is 0 Å². The summed E-state index contributed by atoms with van der Waals surface area (Å²) in [6.45, 7) is 5.93. The molecule has 0 atom stereocenters. The van der Waals surface area contributed by atoms with Crippen LogP contribution in [0.2, 0.25) is 0 Å². The molecule has 0 bridgehead atoms. The fourth-order valence-corrected chi connectivity index (χ4v) is 4.58. The first kappa shape index (κ1) is 18.4. The number of hydrogen-bond acceptors (Lipinski definition) is 0. The van der Waals surface area contributed by atoms with Crippen molar-refractivity contribution in [1.82, 2.24) is 4.57 Å². The average molecular weight is 388 g/mol. The molecule has 0 amide bonds. The number of fused-ring (bicyclic) bond motifs is 4. The number of nitrogens with zero attached hydrogens (tertiary/aromatic N) is 1. The van der Waals surface area contributed by atoms with Crippen LogP contribution in [0, 0.1) is 0 Å². The maximum atomic E-state index is 3.89. The molecule has 1 nitrogen and oxygen atoms in total. The van der Waals surface area contributed by atoms with Crippen LogP contribution >= 0.6 is 0 Å². The molecule has 5 rings (SSSR count). The molecule has 146 valence electrons. The number of benzene rings is 3. The normalized spacial score (nSPS) is 14.0. The molecular weight excluding hydrogens is 362 g/mol. The van der Waals surface area contributed by atoms with Crippen LogP contribution in [-0.2, 0) is 6.42 Å². The van der Waals surface area contributed by atoms with Crippen molar-refractivity contribution in [3.05, 3.63) is 114 Å². The molecule has 1 aliphatic carbocycles. The molecule has 3 aromatic carbocycles. The second-order valence-corrected chi connectivity index (χ2v) is 7.76. The first-order valence-electron chi connectivity index (χ1n) is 10.6. The average Bonchev–Trinajstić information content (AvgIpc) is 3.11. The first-order chi connectivity index (χ1) is 14.8. The van der Waals surface area contributed by atoms with E-state index < -0.39 is 0 Å². The summed E-state index contributed by atoms with van der Waals surface area (Å²) < 4.78 is 2.46. The smallest absolute Gasteiger partial charge is 0.0544 e. The van der Waals surface area contributed by atoms with E-state index in [1.165, 1.54) is 49.8 Å². The van der Waals surface area contributed by atoms with Crippen molar-refractivity contribution in [3.8, 4) is 5.69 Å². The van der Waals surface area contributed by atoms with E-state index in [1.54, 1.807) is 0 Å². The van der Waals surface area contributed by atoms with E-state index in [1.807, 2.05) is 13.0 Å². The summed E-state index contributed by atoms with van der Waals surface area (Å²) >= 11 is 0.